The molecule has 0 aromatic rings. The number of ether oxygens (including phenoxy) is 1. The number of urea groups is 1. The zero-order valence-corrected chi connectivity index (χ0v) is 13.2. The second-order valence-electron chi connectivity index (χ2n) is 5.44. The Bertz CT molecular complexity index is 357. The van der Waals surface area contributed by atoms with E-state index in [9.17, 15) is 14.4 Å². The summed E-state index contributed by atoms with van der Waals surface area (Å²) in [6, 6.07) is -0.415. The molecule has 2 N–H and O–H groups in total. The fourth-order valence-corrected chi connectivity index (χ4v) is 1.99. The molecule has 7 nitrogen and oxygen atoms in total. The van der Waals surface area contributed by atoms with Crippen LogP contribution in [0.4, 0.5) is 4.79 Å². The van der Waals surface area contributed by atoms with Gasteiger partial charge in [-0.1, -0.05) is 13.8 Å². The largest absolute Gasteiger partial charge is 0.481 e. The van der Waals surface area contributed by atoms with Crippen molar-refractivity contribution in [1.29, 1.82) is 0 Å². The first-order chi connectivity index (χ1) is 9.76. The molecule has 0 aliphatic heterocycles. The van der Waals surface area contributed by atoms with Gasteiger partial charge in [0.25, 0.3) is 0 Å². The molecular weight excluding hydrogens is 276 g/mol. The molecule has 0 radical (unpaired) electrons. The van der Waals surface area contributed by atoms with Crippen molar-refractivity contribution >= 4 is 18.0 Å². The summed E-state index contributed by atoms with van der Waals surface area (Å²) in [6.07, 6.45) is 0.730. The normalized spacial score (nSPS) is 11.9. The standard InChI is InChI=1S/C14H26N2O5/c1-5-21-13(19)9-16(4)14(20)15-8-11(6-10(2)3)7-12(17)18/h10-11H,5-9H2,1-4H3,(H,15,20)(H,17,18). The molecule has 122 valence electrons. The molecule has 0 heterocycles. The number of carboxylic acids is 1. The van der Waals surface area contributed by atoms with Crippen LogP contribution in [0.15, 0.2) is 0 Å². The van der Waals surface area contributed by atoms with Crippen molar-refractivity contribution in [1.82, 2.24) is 10.2 Å². The van der Waals surface area contributed by atoms with Crippen LogP contribution in [0.5, 0.6) is 0 Å². The van der Waals surface area contributed by atoms with Crippen molar-refractivity contribution in [2.24, 2.45) is 11.8 Å². The first kappa shape index (κ1) is 19.2. The van der Waals surface area contributed by atoms with Crippen LogP contribution in [0.3, 0.4) is 0 Å². The first-order valence-corrected chi connectivity index (χ1v) is 7.12. The Hall–Kier alpha value is -1.79. The van der Waals surface area contributed by atoms with Crippen molar-refractivity contribution in [3.05, 3.63) is 0 Å². The van der Waals surface area contributed by atoms with Crippen molar-refractivity contribution in [3.8, 4) is 0 Å². The van der Waals surface area contributed by atoms with Crippen molar-refractivity contribution in [3.63, 3.8) is 0 Å². The highest BCUT2D eigenvalue weighted by molar-refractivity contribution is 5.80. The minimum Gasteiger partial charge on any atom is -0.481 e. The lowest BCUT2D eigenvalue weighted by atomic mass is 9.94. The Kier molecular flexibility index (Phi) is 9.16. The monoisotopic (exact) mass is 302 g/mol. The molecular formula is C14H26N2O5. The molecule has 0 fully saturated rings. The average Bonchev–Trinajstić information content (AvgIpc) is 2.34. The van der Waals surface area contributed by atoms with E-state index in [0.717, 1.165) is 0 Å². The molecule has 0 spiro atoms. The summed E-state index contributed by atoms with van der Waals surface area (Å²) in [5, 5.41) is 11.5. The molecule has 0 aromatic heterocycles. The van der Waals surface area contributed by atoms with Gasteiger partial charge < -0.3 is 20.1 Å². The van der Waals surface area contributed by atoms with Crippen LogP contribution >= 0.6 is 0 Å². The molecule has 0 aliphatic carbocycles. The van der Waals surface area contributed by atoms with E-state index in [-0.39, 0.29) is 32.0 Å². The van der Waals surface area contributed by atoms with Crippen LogP contribution in [0.1, 0.15) is 33.6 Å². The molecule has 0 rings (SSSR count). The fraction of sp³-hybridized carbons (Fsp3) is 0.786. The second-order valence-corrected chi connectivity index (χ2v) is 5.44. The van der Waals surface area contributed by atoms with Crippen LogP contribution in [0.25, 0.3) is 0 Å². The van der Waals surface area contributed by atoms with E-state index in [1.54, 1.807) is 6.92 Å². The second kappa shape index (κ2) is 10.0. The van der Waals surface area contributed by atoms with E-state index in [1.165, 1.54) is 11.9 Å². The summed E-state index contributed by atoms with van der Waals surface area (Å²) >= 11 is 0. The molecule has 7 heteroatoms. The van der Waals surface area contributed by atoms with Crippen molar-refractivity contribution in [2.75, 3.05) is 26.7 Å². The number of nitrogens with zero attached hydrogens (tertiary/aromatic N) is 1. The van der Waals surface area contributed by atoms with E-state index in [2.05, 4.69) is 5.32 Å². The maximum Gasteiger partial charge on any atom is 0.325 e. The predicted molar refractivity (Wildman–Crippen MR) is 77.9 cm³/mol. The lowest BCUT2D eigenvalue weighted by Crippen LogP contribution is -2.42. The molecule has 2 amide bonds. The van der Waals surface area contributed by atoms with Gasteiger partial charge in [-0.05, 0) is 25.2 Å². The van der Waals surface area contributed by atoms with Crippen LogP contribution in [0, 0.1) is 11.8 Å². The van der Waals surface area contributed by atoms with E-state index in [4.69, 9.17) is 9.84 Å². The summed E-state index contributed by atoms with van der Waals surface area (Å²) in [5.41, 5.74) is 0. The summed E-state index contributed by atoms with van der Waals surface area (Å²) in [6.45, 7) is 6.11. The van der Waals surface area contributed by atoms with Gasteiger partial charge in [0.05, 0.1) is 6.61 Å². The summed E-state index contributed by atoms with van der Waals surface area (Å²) in [7, 11) is 1.49. The molecule has 0 bridgehead atoms. The van der Waals surface area contributed by atoms with Gasteiger partial charge in [0, 0.05) is 20.0 Å². The maximum absolute atomic E-state index is 11.8. The number of esters is 1. The molecule has 21 heavy (non-hydrogen) atoms. The zero-order chi connectivity index (χ0) is 16.4. The van der Waals surface area contributed by atoms with Crippen molar-refractivity contribution < 1.29 is 24.2 Å². The van der Waals surface area contributed by atoms with Gasteiger partial charge in [0.2, 0.25) is 0 Å². The number of amides is 2. The smallest absolute Gasteiger partial charge is 0.325 e. The Labute approximate surface area is 125 Å². The number of carbonyl (C=O) groups is 3. The highest BCUT2D eigenvalue weighted by Crippen LogP contribution is 2.14. The average molecular weight is 302 g/mol. The van der Waals surface area contributed by atoms with Gasteiger partial charge in [0.15, 0.2) is 0 Å². The lowest BCUT2D eigenvalue weighted by molar-refractivity contribution is -0.143. The molecule has 0 aliphatic rings. The van der Waals surface area contributed by atoms with E-state index < -0.39 is 18.0 Å². The number of aliphatic carboxylic acids is 1. The van der Waals surface area contributed by atoms with Crippen LogP contribution in [-0.2, 0) is 14.3 Å². The SMILES string of the molecule is CCOC(=O)CN(C)C(=O)NCC(CC(=O)O)CC(C)C. The van der Waals surface area contributed by atoms with Crippen LogP contribution < -0.4 is 5.32 Å². The topological polar surface area (TPSA) is 95.9 Å². The van der Waals surface area contributed by atoms with E-state index in [0.29, 0.717) is 12.3 Å². The number of nitrogens with one attached hydrogen (secondary N) is 1. The number of carbonyl (C=O) groups excluding carboxylic acids is 2. The van der Waals surface area contributed by atoms with Gasteiger partial charge in [-0.3, -0.25) is 9.59 Å². The van der Waals surface area contributed by atoms with E-state index >= 15 is 0 Å². The molecule has 0 saturated heterocycles. The number of hydrogen-bond acceptors (Lipinski definition) is 4. The fourth-order valence-electron chi connectivity index (χ4n) is 1.99. The van der Waals surface area contributed by atoms with Gasteiger partial charge in [-0.15, -0.1) is 0 Å². The first-order valence-electron chi connectivity index (χ1n) is 7.12. The van der Waals surface area contributed by atoms with Crippen molar-refractivity contribution in [2.45, 2.75) is 33.6 Å². The van der Waals surface area contributed by atoms with Gasteiger partial charge in [0.1, 0.15) is 6.54 Å². The van der Waals surface area contributed by atoms with Crippen LogP contribution in [-0.4, -0.2) is 54.7 Å². The molecule has 1 atom stereocenters. The molecule has 0 aromatic carbocycles. The summed E-state index contributed by atoms with van der Waals surface area (Å²) < 4.78 is 4.76. The Morgan fingerprint density at radius 2 is 1.90 bits per heavy atom. The Balaban J connectivity index is 4.27. The summed E-state index contributed by atoms with van der Waals surface area (Å²) in [4.78, 5) is 35.1. The van der Waals surface area contributed by atoms with Gasteiger partial charge in [-0.2, -0.15) is 0 Å². The summed E-state index contributed by atoms with van der Waals surface area (Å²) in [5.74, 6) is -1.12. The van der Waals surface area contributed by atoms with Gasteiger partial charge >= 0.3 is 18.0 Å². The van der Waals surface area contributed by atoms with Crippen LogP contribution in [0.2, 0.25) is 0 Å². The maximum atomic E-state index is 11.8. The highest BCUT2D eigenvalue weighted by Gasteiger charge is 2.18. The highest BCUT2D eigenvalue weighted by atomic mass is 16.5. The Morgan fingerprint density at radius 1 is 1.29 bits per heavy atom. The number of rotatable bonds is 9. The third-order valence-corrected chi connectivity index (χ3v) is 2.83. The minimum absolute atomic E-state index is 0.0139. The third kappa shape index (κ3) is 9.70. The van der Waals surface area contributed by atoms with E-state index in [1.807, 2.05) is 13.8 Å². The molecule has 0 saturated carbocycles. The number of hydrogen-bond donors (Lipinski definition) is 2. The molecule has 1 unspecified atom stereocenters. The number of carboxylic acid groups (broad SMARTS) is 1. The zero-order valence-electron chi connectivity index (χ0n) is 13.2. The third-order valence-electron chi connectivity index (χ3n) is 2.83. The number of likely N-dealkylation sites (N-methyl/N-ethyl adjacent to an activating group) is 1. The Morgan fingerprint density at radius 3 is 2.38 bits per heavy atom. The minimum atomic E-state index is -0.880. The predicted octanol–water partition coefficient (Wildman–Crippen LogP) is 1.33. The van der Waals surface area contributed by atoms with Gasteiger partial charge in [-0.25, -0.2) is 4.79 Å². The lowest BCUT2D eigenvalue weighted by Gasteiger charge is -2.21. The quantitative estimate of drug-likeness (QED) is 0.626.